The number of nitrogens with zero attached hydrogens (tertiary/aromatic N) is 3. The number of rotatable bonds is 6. The smallest absolute Gasteiger partial charge is 0.246 e. The second kappa shape index (κ2) is 11.0. The highest BCUT2D eigenvalue weighted by Gasteiger charge is 2.23. The van der Waals surface area contributed by atoms with Gasteiger partial charge in [0.25, 0.3) is 0 Å². The van der Waals surface area contributed by atoms with Crippen LogP contribution in [0.5, 0.6) is 11.5 Å². The van der Waals surface area contributed by atoms with Crippen molar-refractivity contribution in [1.82, 2.24) is 14.7 Å². The first-order valence-corrected chi connectivity index (χ1v) is 10.8. The summed E-state index contributed by atoms with van der Waals surface area (Å²) in [5.74, 6) is 1.60. The van der Waals surface area contributed by atoms with Crippen molar-refractivity contribution >= 4 is 17.9 Å². The maximum atomic E-state index is 12.6. The van der Waals surface area contributed by atoms with Gasteiger partial charge in [0.05, 0.1) is 20.8 Å². The Morgan fingerprint density at radius 3 is 2.23 bits per heavy atom. The SMILES string of the molecule is COc1ccc(OC)c(C=CC(=O)N2CCN(CC(=O)N3CCCCCC3)CC2)c1. The molecule has 7 heteroatoms. The van der Waals surface area contributed by atoms with Gasteiger partial charge in [-0.25, -0.2) is 0 Å². The van der Waals surface area contributed by atoms with Crippen LogP contribution >= 0.6 is 0 Å². The molecule has 164 valence electrons. The van der Waals surface area contributed by atoms with Crippen molar-refractivity contribution < 1.29 is 19.1 Å². The Morgan fingerprint density at radius 1 is 0.900 bits per heavy atom. The monoisotopic (exact) mass is 415 g/mol. The van der Waals surface area contributed by atoms with Gasteiger partial charge in [-0.05, 0) is 37.1 Å². The molecule has 0 bridgehead atoms. The molecule has 7 nitrogen and oxygen atoms in total. The molecular weight excluding hydrogens is 382 g/mol. The second-order valence-electron chi connectivity index (χ2n) is 7.84. The Bertz CT molecular complexity index is 749. The third-order valence-corrected chi connectivity index (χ3v) is 5.84. The van der Waals surface area contributed by atoms with Gasteiger partial charge in [-0.1, -0.05) is 12.8 Å². The summed E-state index contributed by atoms with van der Waals surface area (Å²) in [4.78, 5) is 31.2. The zero-order valence-corrected chi connectivity index (χ0v) is 18.1. The Balaban J connectivity index is 1.49. The van der Waals surface area contributed by atoms with E-state index in [0.717, 1.165) is 44.6 Å². The lowest BCUT2D eigenvalue weighted by atomic mass is 10.1. The third-order valence-electron chi connectivity index (χ3n) is 5.84. The minimum Gasteiger partial charge on any atom is -0.497 e. The molecule has 1 aromatic rings. The van der Waals surface area contributed by atoms with Gasteiger partial charge in [0.15, 0.2) is 0 Å². The van der Waals surface area contributed by atoms with Gasteiger partial charge in [-0.2, -0.15) is 0 Å². The normalized spacial score (nSPS) is 18.3. The summed E-state index contributed by atoms with van der Waals surface area (Å²) in [5, 5.41) is 0. The molecule has 0 aromatic heterocycles. The van der Waals surface area contributed by atoms with Crippen LogP contribution in [0.25, 0.3) is 6.08 Å². The molecule has 0 aliphatic carbocycles. The lowest BCUT2D eigenvalue weighted by Crippen LogP contribution is -2.51. The Hall–Kier alpha value is -2.54. The van der Waals surface area contributed by atoms with Gasteiger partial charge < -0.3 is 19.3 Å². The number of ether oxygens (including phenoxy) is 2. The lowest BCUT2D eigenvalue weighted by Gasteiger charge is -2.35. The molecule has 2 saturated heterocycles. The summed E-state index contributed by atoms with van der Waals surface area (Å²) in [6.07, 6.45) is 8.00. The fourth-order valence-electron chi connectivity index (χ4n) is 3.97. The summed E-state index contributed by atoms with van der Waals surface area (Å²) < 4.78 is 10.6. The topological polar surface area (TPSA) is 62.3 Å². The van der Waals surface area contributed by atoms with E-state index >= 15 is 0 Å². The number of carbonyl (C=O) groups excluding carboxylic acids is 2. The van der Waals surface area contributed by atoms with Crippen molar-refractivity contribution in [3.8, 4) is 11.5 Å². The molecule has 2 aliphatic rings. The summed E-state index contributed by atoms with van der Waals surface area (Å²) in [6.45, 7) is 4.94. The Labute approximate surface area is 179 Å². The molecule has 0 spiro atoms. The van der Waals surface area contributed by atoms with Crippen LogP contribution in [0.4, 0.5) is 0 Å². The van der Waals surface area contributed by atoms with E-state index in [4.69, 9.17) is 9.47 Å². The van der Waals surface area contributed by atoms with Gasteiger partial charge in [-0.15, -0.1) is 0 Å². The Morgan fingerprint density at radius 2 is 1.60 bits per heavy atom. The number of piperazine rings is 1. The molecule has 0 atom stereocenters. The minimum atomic E-state index is -0.0293. The summed E-state index contributed by atoms with van der Waals surface area (Å²) in [6, 6.07) is 5.49. The predicted octanol–water partition coefficient (Wildman–Crippen LogP) is 2.26. The van der Waals surface area contributed by atoms with Crippen LogP contribution in [0.1, 0.15) is 31.2 Å². The number of amides is 2. The molecule has 2 fully saturated rings. The fourth-order valence-corrected chi connectivity index (χ4v) is 3.97. The third kappa shape index (κ3) is 5.98. The van der Waals surface area contributed by atoms with Crippen LogP contribution in [0.2, 0.25) is 0 Å². The van der Waals surface area contributed by atoms with E-state index in [1.54, 1.807) is 26.4 Å². The lowest BCUT2D eigenvalue weighted by molar-refractivity contribution is -0.133. The van der Waals surface area contributed by atoms with E-state index < -0.39 is 0 Å². The van der Waals surface area contributed by atoms with Gasteiger partial charge in [0.2, 0.25) is 11.8 Å². The quantitative estimate of drug-likeness (QED) is 0.667. The fraction of sp³-hybridized carbons (Fsp3) is 0.565. The number of likely N-dealkylation sites (tertiary alicyclic amines) is 1. The molecule has 2 amide bonds. The summed E-state index contributed by atoms with van der Waals surface area (Å²) >= 11 is 0. The van der Waals surface area contributed by atoms with Crippen LogP contribution in [0.3, 0.4) is 0 Å². The predicted molar refractivity (Wildman–Crippen MR) is 117 cm³/mol. The van der Waals surface area contributed by atoms with Crippen LogP contribution in [-0.4, -0.2) is 86.5 Å². The molecular formula is C23H33N3O4. The summed E-state index contributed by atoms with van der Waals surface area (Å²) in [5.41, 5.74) is 0.798. The van der Waals surface area contributed by atoms with Crippen LogP contribution in [-0.2, 0) is 9.59 Å². The van der Waals surface area contributed by atoms with Gasteiger partial charge in [0, 0.05) is 50.9 Å². The van der Waals surface area contributed by atoms with E-state index in [1.165, 1.54) is 12.8 Å². The Kier molecular flexibility index (Phi) is 8.13. The first-order valence-electron chi connectivity index (χ1n) is 10.8. The van der Waals surface area contributed by atoms with E-state index in [-0.39, 0.29) is 11.8 Å². The van der Waals surface area contributed by atoms with Crippen molar-refractivity contribution in [2.45, 2.75) is 25.7 Å². The molecule has 3 rings (SSSR count). The zero-order valence-electron chi connectivity index (χ0n) is 18.1. The molecule has 2 aliphatic heterocycles. The number of benzene rings is 1. The van der Waals surface area contributed by atoms with Gasteiger partial charge >= 0.3 is 0 Å². The van der Waals surface area contributed by atoms with E-state index in [0.29, 0.717) is 31.1 Å². The van der Waals surface area contributed by atoms with E-state index in [1.807, 2.05) is 28.0 Å². The molecule has 0 radical (unpaired) electrons. The largest absolute Gasteiger partial charge is 0.497 e. The number of hydrogen-bond donors (Lipinski definition) is 0. The maximum absolute atomic E-state index is 12.6. The van der Waals surface area contributed by atoms with E-state index in [9.17, 15) is 9.59 Å². The van der Waals surface area contributed by atoms with Gasteiger partial charge in [-0.3, -0.25) is 14.5 Å². The second-order valence-corrected chi connectivity index (χ2v) is 7.84. The van der Waals surface area contributed by atoms with Crippen molar-refractivity contribution in [3.05, 3.63) is 29.8 Å². The standard InChI is InChI=1S/C23H33N3O4/c1-29-20-8-9-21(30-2)19(17-20)7-10-22(27)26-15-13-24(14-16-26)18-23(28)25-11-5-3-4-6-12-25/h7-10,17H,3-6,11-16,18H2,1-2H3. The highest BCUT2D eigenvalue weighted by atomic mass is 16.5. The molecule has 0 unspecified atom stereocenters. The average Bonchev–Trinajstić information content (AvgIpc) is 3.07. The first kappa shape index (κ1) is 22.2. The summed E-state index contributed by atoms with van der Waals surface area (Å²) in [7, 11) is 3.21. The highest BCUT2D eigenvalue weighted by Crippen LogP contribution is 2.25. The number of methoxy groups -OCH3 is 2. The van der Waals surface area contributed by atoms with Crippen molar-refractivity contribution in [3.63, 3.8) is 0 Å². The minimum absolute atomic E-state index is 0.0293. The molecule has 0 saturated carbocycles. The molecule has 2 heterocycles. The number of hydrogen-bond acceptors (Lipinski definition) is 5. The number of carbonyl (C=O) groups is 2. The zero-order chi connectivity index (χ0) is 21.3. The van der Waals surface area contributed by atoms with E-state index in [2.05, 4.69) is 4.90 Å². The maximum Gasteiger partial charge on any atom is 0.246 e. The van der Waals surface area contributed by atoms with Crippen LogP contribution in [0, 0.1) is 0 Å². The molecule has 0 N–H and O–H groups in total. The van der Waals surface area contributed by atoms with Crippen molar-refractivity contribution in [2.75, 3.05) is 60.0 Å². The first-order chi connectivity index (χ1) is 14.6. The highest BCUT2D eigenvalue weighted by molar-refractivity contribution is 5.92. The van der Waals surface area contributed by atoms with Crippen LogP contribution in [0.15, 0.2) is 24.3 Å². The van der Waals surface area contributed by atoms with Gasteiger partial charge in [0.1, 0.15) is 11.5 Å². The van der Waals surface area contributed by atoms with Crippen molar-refractivity contribution in [1.29, 1.82) is 0 Å². The average molecular weight is 416 g/mol. The van der Waals surface area contributed by atoms with Crippen molar-refractivity contribution in [2.24, 2.45) is 0 Å². The van der Waals surface area contributed by atoms with Crippen LogP contribution < -0.4 is 9.47 Å². The molecule has 1 aromatic carbocycles. The molecule has 30 heavy (non-hydrogen) atoms.